The van der Waals surface area contributed by atoms with Gasteiger partial charge in [-0.05, 0) is 25.2 Å². The Bertz CT molecular complexity index is 308. The molecular weight excluding hydrogens is 204 g/mol. The van der Waals surface area contributed by atoms with Crippen molar-refractivity contribution in [2.75, 3.05) is 6.61 Å². The molecule has 2 rings (SSSR count). The van der Waals surface area contributed by atoms with Gasteiger partial charge in [-0.3, -0.25) is 4.79 Å². The molecule has 0 saturated carbocycles. The maximum absolute atomic E-state index is 11.5. The number of carbonyl (C=O) groups is 1. The van der Waals surface area contributed by atoms with Crippen LogP contribution in [-0.4, -0.2) is 23.8 Å². The number of aliphatic hydroxyl groups is 1. The van der Waals surface area contributed by atoms with Gasteiger partial charge in [0.1, 0.15) is 6.10 Å². The first-order valence-corrected chi connectivity index (χ1v) is 6.13. The molecule has 0 radical (unpaired) electrons. The van der Waals surface area contributed by atoms with Gasteiger partial charge in [-0.15, -0.1) is 0 Å². The largest absolute Gasteiger partial charge is 0.462 e. The zero-order valence-electron chi connectivity index (χ0n) is 9.98. The van der Waals surface area contributed by atoms with Crippen molar-refractivity contribution in [2.45, 2.75) is 39.2 Å². The van der Waals surface area contributed by atoms with Crippen molar-refractivity contribution in [1.82, 2.24) is 0 Å². The summed E-state index contributed by atoms with van der Waals surface area (Å²) >= 11 is 0. The molecule has 1 saturated heterocycles. The predicted octanol–water partition coefficient (Wildman–Crippen LogP) is 1.90. The molecule has 0 amide bonds. The Morgan fingerprint density at radius 2 is 2.25 bits per heavy atom. The van der Waals surface area contributed by atoms with Gasteiger partial charge in [-0.25, -0.2) is 0 Å². The van der Waals surface area contributed by atoms with Crippen molar-refractivity contribution in [3.8, 4) is 0 Å². The lowest BCUT2D eigenvalue weighted by Crippen LogP contribution is -2.19. The van der Waals surface area contributed by atoms with Gasteiger partial charge in [0.05, 0.1) is 5.92 Å². The Morgan fingerprint density at radius 3 is 2.94 bits per heavy atom. The Kier molecular flexibility index (Phi) is 3.33. The minimum absolute atomic E-state index is 0.0296. The summed E-state index contributed by atoms with van der Waals surface area (Å²) in [5.41, 5.74) is 1.32. The van der Waals surface area contributed by atoms with Gasteiger partial charge in [0.25, 0.3) is 0 Å². The number of esters is 1. The third-order valence-electron chi connectivity index (χ3n) is 4.03. The summed E-state index contributed by atoms with van der Waals surface area (Å²) in [5.74, 6) is 0.745. The molecular formula is C13H20O3. The number of carbonyl (C=O) groups excluding carboxylic acids is 1. The van der Waals surface area contributed by atoms with Crippen molar-refractivity contribution in [1.29, 1.82) is 0 Å². The van der Waals surface area contributed by atoms with Gasteiger partial charge in [-0.1, -0.05) is 25.5 Å². The molecule has 90 valence electrons. The first-order chi connectivity index (χ1) is 7.63. The fourth-order valence-corrected chi connectivity index (χ4v) is 2.89. The van der Waals surface area contributed by atoms with Crippen molar-refractivity contribution >= 4 is 5.97 Å². The van der Waals surface area contributed by atoms with Crippen molar-refractivity contribution in [2.24, 2.45) is 17.8 Å². The Hall–Kier alpha value is -0.830. The number of rotatable bonds is 2. The zero-order valence-corrected chi connectivity index (χ0v) is 9.98. The molecule has 0 bridgehead atoms. The first-order valence-electron chi connectivity index (χ1n) is 6.13. The summed E-state index contributed by atoms with van der Waals surface area (Å²) in [7, 11) is 0. The topological polar surface area (TPSA) is 46.5 Å². The molecule has 0 aromatic carbocycles. The summed E-state index contributed by atoms with van der Waals surface area (Å²) in [4.78, 5) is 11.5. The summed E-state index contributed by atoms with van der Waals surface area (Å²) in [6.07, 6.45) is 4.88. The van der Waals surface area contributed by atoms with Crippen molar-refractivity contribution in [3.63, 3.8) is 0 Å². The number of hydrogen-bond donors (Lipinski definition) is 1. The van der Waals surface area contributed by atoms with Gasteiger partial charge < -0.3 is 9.84 Å². The van der Waals surface area contributed by atoms with Crippen LogP contribution < -0.4 is 0 Å². The molecule has 4 atom stereocenters. The maximum Gasteiger partial charge on any atom is 0.309 e. The lowest BCUT2D eigenvalue weighted by molar-refractivity contribution is -0.144. The van der Waals surface area contributed by atoms with E-state index in [1.807, 2.05) is 6.92 Å². The van der Waals surface area contributed by atoms with E-state index in [1.165, 1.54) is 5.57 Å². The third-order valence-corrected chi connectivity index (χ3v) is 4.03. The standard InChI is InChI=1S/C13H20O3/c1-8-7-12-11(9(2)13(15)16-12)4-3-10(8)5-6-14/h3,8-9,11-12,14H,4-7H2,1-2H3/t8-,9-,11+,12+/m0/s1. The van der Waals surface area contributed by atoms with Crippen molar-refractivity contribution in [3.05, 3.63) is 11.6 Å². The Morgan fingerprint density at radius 1 is 1.50 bits per heavy atom. The van der Waals surface area contributed by atoms with Gasteiger partial charge >= 0.3 is 5.97 Å². The zero-order chi connectivity index (χ0) is 11.7. The first kappa shape index (κ1) is 11.6. The number of hydrogen-bond acceptors (Lipinski definition) is 3. The van der Waals surface area contributed by atoms with Crippen LogP contribution in [0.3, 0.4) is 0 Å². The molecule has 16 heavy (non-hydrogen) atoms. The fourth-order valence-electron chi connectivity index (χ4n) is 2.89. The van der Waals surface area contributed by atoms with Crippen LogP contribution in [-0.2, 0) is 9.53 Å². The lowest BCUT2D eigenvalue weighted by Gasteiger charge is -2.18. The van der Waals surface area contributed by atoms with E-state index in [-0.39, 0.29) is 24.6 Å². The Balaban J connectivity index is 2.12. The van der Waals surface area contributed by atoms with Crippen LogP contribution >= 0.6 is 0 Å². The van der Waals surface area contributed by atoms with Crippen LogP contribution in [0, 0.1) is 17.8 Å². The highest BCUT2D eigenvalue weighted by Gasteiger charge is 2.42. The van der Waals surface area contributed by atoms with Crippen LogP contribution in [0.15, 0.2) is 11.6 Å². The molecule has 1 N–H and O–H groups in total. The number of aliphatic hydroxyl groups excluding tert-OH is 1. The number of ether oxygens (including phenoxy) is 1. The summed E-state index contributed by atoms with van der Waals surface area (Å²) < 4.78 is 5.42. The SMILES string of the molecule is C[C@@H]1C(=O)O[C@@H]2C[C@H](C)C(CCO)=CC[C@H]12. The molecule has 3 heteroatoms. The molecule has 1 fully saturated rings. The average Bonchev–Trinajstić information content (AvgIpc) is 2.42. The second kappa shape index (κ2) is 4.58. The van der Waals surface area contributed by atoms with Crippen LogP contribution in [0.2, 0.25) is 0 Å². The van der Waals surface area contributed by atoms with E-state index in [4.69, 9.17) is 9.84 Å². The van der Waals surface area contributed by atoms with Crippen LogP contribution in [0.1, 0.15) is 33.1 Å². The molecule has 2 aliphatic rings. The second-order valence-electron chi connectivity index (χ2n) is 5.05. The Labute approximate surface area is 96.5 Å². The minimum Gasteiger partial charge on any atom is -0.462 e. The van der Waals surface area contributed by atoms with Crippen LogP contribution in [0.4, 0.5) is 0 Å². The molecule has 0 aromatic heterocycles. The fraction of sp³-hybridized carbons (Fsp3) is 0.769. The highest BCUT2D eigenvalue weighted by atomic mass is 16.6. The van der Waals surface area contributed by atoms with E-state index in [0.717, 1.165) is 19.3 Å². The summed E-state index contributed by atoms with van der Waals surface area (Å²) in [5, 5.41) is 9.00. The molecule has 0 spiro atoms. The minimum atomic E-state index is -0.0405. The maximum atomic E-state index is 11.5. The van der Waals surface area contributed by atoms with Gasteiger partial charge in [0.2, 0.25) is 0 Å². The number of fused-ring (bicyclic) bond motifs is 1. The highest BCUT2D eigenvalue weighted by molar-refractivity contribution is 5.74. The monoisotopic (exact) mass is 224 g/mol. The highest BCUT2D eigenvalue weighted by Crippen LogP contribution is 2.39. The van der Waals surface area contributed by atoms with Crippen LogP contribution in [0.5, 0.6) is 0 Å². The van der Waals surface area contributed by atoms with E-state index in [9.17, 15) is 4.79 Å². The second-order valence-corrected chi connectivity index (χ2v) is 5.05. The van der Waals surface area contributed by atoms with E-state index in [0.29, 0.717) is 11.8 Å². The van der Waals surface area contributed by atoms with E-state index in [2.05, 4.69) is 13.0 Å². The van der Waals surface area contributed by atoms with E-state index >= 15 is 0 Å². The van der Waals surface area contributed by atoms with E-state index in [1.54, 1.807) is 0 Å². The normalized spacial score (nSPS) is 38.7. The predicted molar refractivity (Wildman–Crippen MR) is 60.7 cm³/mol. The lowest BCUT2D eigenvalue weighted by atomic mass is 9.87. The van der Waals surface area contributed by atoms with Gasteiger partial charge in [0, 0.05) is 12.5 Å². The van der Waals surface area contributed by atoms with Gasteiger partial charge in [0.15, 0.2) is 0 Å². The molecule has 0 aromatic rings. The average molecular weight is 224 g/mol. The molecule has 0 unspecified atom stereocenters. The van der Waals surface area contributed by atoms with Crippen molar-refractivity contribution < 1.29 is 14.6 Å². The summed E-state index contributed by atoms with van der Waals surface area (Å²) in [6.45, 7) is 4.32. The van der Waals surface area contributed by atoms with Crippen LogP contribution in [0.25, 0.3) is 0 Å². The smallest absolute Gasteiger partial charge is 0.309 e. The molecule has 1 aliphatic carbocycles. The quantitative estimate of drug-likeness (QED) is 0.575. The van der Waals surface area contributed by atoms with Gasteiger partial charge in [-0.2, -0.15) is 0 Å². The molecule has 1 aliphatic heterocycles. The molecule has 3 nitrogen and oxygen atoms in total. The molecule has 1 heterocycles. The van der Waals surface area contributed by atoms with E-state index < -0.39 is 0 Å². The summed E-state index contributed by atoms with van der Waals surface area (Å²) in [6, 6.07) is 0. The number of allylic oxidation sites excluding steroid dienone is 1. The third kappa shape index (κ3) is 2.01.